The summed E-state index contributed by atoms with van der Waals surface area (Å²) in [5, 5.41) is 7.46. The molecule has 0 aromatic carbocycles. The average Bonchev–Trinajstić information content (AvgIpc) is 2.75. The molecule has 19 heavy (non-hydrogen) atoms. The summed E-state index contributed by atoms with van der Waals surface area (Å²) in [7, 11) is 0. The number of hydrogen-bond acceptors (Lipinski definition) is 4. The molecule has 2 N–H and O–H groups in total. The summed E-state index contributed by atoms with van der Waals surface area (Å²) in [5.41, 5.74) is -0.590. The third-order valence-electron chi connectivity index (χ3n) is 4.11. The number of carbonyl (C=O) groups is 1. The monoisotopic (exact) mass is 289 g/mol. The highest BCUT2D eigenvalue weighted by Crippen LogP contribution is 2.36. The van der Waals surface area contributed by atoms with E-state index < -0.39 is 11.7 Å². The Morgan fingerprint density at radius 2 is 2.16 bits per heavy atom. The van der Waals surface area contributed by atoms with Crippen molar-refractivity contribution < 1.29 is 19.4 Å². The van der Waals surface area contributed by atoms with E-state index in [2.05, 4.69) is 20.8 Å². The number of hydrogen-bond donors (Lipinski definition) is 0. The lowest BCUT2D eigenvalue weighted by atomic mass is 9.75. The van der Waals surface area contributed by atoms with Crippen LogP contribution in [0.5, 0.6) is 0 Å². The van der Waals surface area contributed by atoms with Gasteiger partial charge in [0.05, 0.1) is 5.75 Å². The highest BCUT2D eigenvalue weighted by molar-refractivity contribution is 8.00. The maximum Gasteiger partial charge on any atom is 0.346 e. The van der Waals surface area contributed by atoms with Crippen LogP contribution in [0, 0.1) is 17.8 Å². The molecule has 0 aromatic rings. The molecule has 5 heteroatoms. The van der Waals surface area contributed by atoms with Gasteiger partial charge in [-0.25, -0.2) is 4.79 Å². The molecule has 1 aliphatic heterocycles. The fourth-order valence-corrected chi connectivity index (χ4v) is 3.81. The molecule has 4 nitrogen and oxygen atoms in total. The summed E-state index contributed by atoms with van der Waals surface area (Å²) in [6.45, 7) is 6.61. The van der Waals surface area contributed by atoms with Gasteiger partial charge in [-0.15, -0.1) is 11.8 Å². The average molecular weight is 289 g/mol. The zero-order valence-electron chi connectivity index (χ0n) is 11.9. The van der Waals surface area contributed by atoms with Crippen LogP contribution in [0.15, 0.2) is 0 Å². The van der Waals surface area contributed by atoms with Crippen molar-refractivity contribution in [2.75, 3.05) is 5.75 Å². The molecule has 5 atom stereocenters. The first-order chi connectivity index (χ1) is 8.97. The number of ether oxygens (including phenoxy) is 2. The Kier molecular flexibility index (Phi) is 5.15. The summed E-state index contributed by atoms with van der Waals surface area (Å²) in [4.78, 5) is 12.1. The molecule has 2 fully saturated rings. The van der Waals surface area contributed by atoms with Gasteiger partial charge in [-0.3, -0.25) is 4.74 Å². The number of carbonyl (C=O) groups excluding carboxylic acids is 1. The van der Waals surface area contributed by atoms with Crippen LogP contribution in [-0.2, 0) is 14.3 Å². The first kappa shape index (κ1) is 15.1. The lowest BCUT2D eigenvalue weighted by Crippen LogP contribution is -2.38. The van der Waals surface area contributed by atoms with Crippen molar-refractivity contribution in [1.82, 2.24) is 0 Å². The van der Waals surface area contributed by atoms with E-state index in [-0.39, 0.29) is 12.1 Å². The van der Waals surface area contributed by atoms with Crippen molar-refractivity contribution in [2.24, 2.45) is 17.8 Å². The second-order valence-electron chi connectivity index (χ2n) is 6.09. The van der Waals surface area contributed by atoms with E-state index in [1.165, 1.54) is 18.2 Å². The Bertz CT molecular complexity index is 321. The van der Waals surface area contributed by atoms with Crippen molar-refractivity contribution in [1.29, 1.82) is 0 Å². The molecule has 0 radical (unpaired) electrons. The predicted octanol–water partition coefficient (Wildman–Crippen LogP) is 2.13. The first-order valence-electron chi connectivity index (χ1n) is 7.16. The Morgan fingerprint density at radius 3 is 2.74 bits per heavy atom. The third kappa shape index (κ3) is 3.86. The molecule has 1 aliphatic carbocycles. The zero-order valence-corrected chi connectivity index (χ0v) is 12.7. The summed E-state index contributed by atoms with van der Waals surface area (Å²) in [6.07, 6.45) is 2.74. The van der Waals surface area contributed by atoms with Crippen molar-refractivity contribution in [3.05, 3.63) is 0 Å². The molecule has 2 rings (SSSR count). The maximum absolute atomic E-state index is 12.1. The van der Waals surface area contributed by atoms with Crippen LogP contribution in [0.3, 0.4) is 0 Å². The minimum Gasteiger partial charge on any atom is -0.459 e. The summed E-state index contributed by atoms with van der Waals surface area (Å²) in [6, 6.07) is 0. The summed E-state index contributed by atoms with van der Waals surface area (Å²) >= 11 is 1.37. The molecule has 0 amide bonds. The van der Waals surface area contributed by atoms with Gasteiger partial charge in [-0.1, -0.05) is 27.2 Å². The second-order valence-corrected chi connectivity index (χ2v) is 7.19. The van der Waals surface area contributed by atoms with Crippen LogP contribution >= 0.6 is 11.8 Å². The zero-order chi connectivity index (χ0) is 14.0. The molecule has 110 valence electrons. The Hall–Kier alpha value is -0.260. The molecule has 0 aromatic heterocycles. The fraction of sp³-hybridized carbons (Fsp3) is 0.929. The van der Waals surface area contributed by atoms with Crippen LogP contribution in [0.4, 0.5) is 0 Å². The van der Waals surface area contributed by atoms with Gasteiger partial charge < -0.3 is 9.84 Å². The van der Waals surface area contributed by atoms with Crippen LogP contribution in [0.2, 0.25) is 0 Å². The van der Waals surface area contributed by atoms with Crippen LogP contribution in [-0.4, -0.2) is 34.7 Å². The highest BCUT2D eigenvalue weighted by atomic mass is 32.2. The van der Waals surface area contributed by atoms with Gasteiger partial charge in [0.2, 0.25) is 5.44 Å². The van der Waals surface area contributed by atoms with Crippen LogP contribution in [0.1, 0.15) is 40.0 Å². The molecule has 0 unspecified atom stereocenters. The fourth-order valence-electron chi connectivity index (χ4n) is 2.98. The lowest BCUT2D eigenvalue weighted by molar-refractivity contribution is -0.172. The molecule has 0 spiro atoms. The standard InChI is InChI=1S/C14H24O4S/c1-8(2)10-5-4-9(3)6-11(10)17-13(16)14-18-12(15)7-19-14/h8-12,14-15H,4-7H2,1-3H3/p+1/t9-,10+,11-,12-,14-/m1/s1. The van der Waals surface area contributed by atoms with Crippen LogP contribution in [0.25, 0.3) is 0 Å². The van der Waals surface area contributed by atoms with Gasteiger partial charge in [-0.05, 0) is 30.6 Å². The van der Waals surface area contributed by atoms with E-state index in [1.807, 2.05) is 0 Å². The second kappa shape index (κ2) is 6.46. The number of rotatable bonds is 3. The summed E-state index contributed by atoms with van der Waals surface area (Å²) < 4.78 is 10.9. The summed E-state index contributed by atoms with van der Waals surface area (Å²) in [5.74, 6) is 1.87. The van der Waals surface area contributed by atoms with Gasteiger partial charge in [0, 0.05) is 0 Å². The minimum absolute atomic E-state index is 0.0187. The van der Waals surface area contributed by atoms with Gasteiger partial charge in [0.25, 0.3) is 6.29 Å². The van der Waals surface area contributed by atoms with Gasteiger partial charge in [0.1, 0.15) is 6.10 Å². The van der Waals surface area contributed by atoms with E-state index in [1.54, 1.807) is 0 Å². The van der Waals surface area contributed by atoms with E-state index in [0.717, 1.165) is 12.8 Å². The number of thioether (sulfide) groups is 1. The predicted molar refractivity (Wildman–Crippen MR) is 76.0 cm³/mol. The minimum atomic E-state index is -0.590. The molecule has 1 saturated heterocycles. The molecule has 1 heterocycles. The van der Waals surface area contributed by atoms with E-state index in [4.69, 9.17) is 14.6 Å². The van der Waals surface area contributed by atoms with Crippen molar-refractivity contribution in [2.45, 2.75) is 57.9 Å². The Labute approximate surface area is 119 Å². The van der Waals surface area contributed by atoms with Crippen molar-refractivity contribution >= 4 is 17.7 Å². The van der Waals surface area contributed by atoms with Gasteiger partial charge >= 0.3 is 5.97 Å². The smallest absolute Gasteiger partial charge is 0.346 e. The Morgan fingerprint density at radius 1 is 1.42 bits per heavy atom. The number of esters is 1. The Balaban J connectivity index is 1.92. The molecular formula is C14H25O4S+. The largest absolute Gasteiger partial charge is 0.459 e. The third-order valence-corrected chi connectivity index (χ3v) is 5.21. The van der Waals surface area contributed by atoms with E-state index >= 15 is 0 Å². The van der Waals surface area contributed by atoms with Crippen LogP contribution < -0.4 is 0 Å². The normalized spacial score (nSPS) is 39.5. The first-order valence-corrected chi connectivity index (χ1v) is 8.21. The highest BCUT2D eigenvalue weighted by Gasteiger charge is 2.38. The van der Waals surface area contributed by atoms with Gasteiger partial charge in [-0.2, -0.15) is 0 Å². The lowest BCUT2D eigenvalue weighted by Gasteiger charge is -2.36. The van der Waals surface area contributed by atoms with E-state index in [0.29, 0.717) is 23.5 Å². The van der Waals surface area contributed by atoms with Crippen molar-refractivity contribution in [3.63, 3.8) is 0 Å². The van der Waals surface area contributed by atoms with E-state index in [9.17, 15) is 4.79 Å². The quantitative estimate of drug-likeness (QED) is 0.590. The molecule has 0 bridgehead atoms. The SMILES string of the molecule is CC(C)[C@@H]1CC[C@@H](C)C[C@H]1OC(=O)[C@@H]1O[C@@H]([OH2+])CS1. The van der Waals surface area contributed by atoms with Gasteiger partial charge in [0.15, 0.2) is 0 Å². The maximum atomic E-state index is 12.1. The molecule has 2 aliphatic rings. The topological polar surface area (TPSA) is 58.4 Å². The van der Waals surface area contributed by atoms with Crippen molar-refractivity contribution in [3.8, 4) is 0 Å². The molecule has 1 saturated carbocycles. The molecular weight excluding hydrogens is 264 g/mol.